The summed E-state index contributed by atoms with van der Waals surface area (Å²) >= 11 is 0. The maximum atomic E-state index is 14.4. The number of aromatic nitrogens is 3. The van der Waals surface area contributed by atoms with Crippen molar-refractivity contribution in [1.29, 1.82) is 0 Å². The number of rotatable bonds is 6. The minimum atomic E-state index is -0.399. The van der Waals surface area contributed by atoms with Crippen LogP contribution in [0.1, 0.15) is 37.1 Å². The summed E-state index contributed by atoms with van der Waals surface area (Å²) < 4.78 is 21.7. The van der Waals surface area contributed by atoms with E-state index in [4.69, 9.17) is 4.74 Å². The Labute approximate surface area is 146 Å². The van der Waals surface area contributed by atoms with Crippen molar-refractivity contribution in [3.8, 4) is 11.5 Å². The molecule has 0 aliphatic rings. The van der Waals surface area contributed by atoms with E-state index in [0.717, 1.165) is 11.1 Å². The number of benzene rings is 1. The van der Waals surface area contributed by atoms with Crippen LogP contribution >= 0.6 is 0 Å². The topological polar surface area (TPSA) is 52.0 Å². The Hall–Kier alpha value is -2.73. The third-order valence-electron chi connectivity index (χ3n) is 4.04. The maximum Gasteiger partial charge on any atom is 0.166 e. The standard InChI is InChI=1S/C19H21FN4O/c1-13(23-14(2)16-10-22-24(3)12-16)15-6-7-19(18(20)9-15)25-17-5-4-8-21-11-17/h4-14,23H,1-3H3/t13-,14-/m1/s1. The lowest BCUT2D eigenvalue weighted by molar-refractivity contribution is 0.437. The first-order valence-corrected chi connectivity index (χ1v) is 8.15. The summed E-state index contributed by atoms with van der Waals surface area (Å²) in [5, 5.41) is 7.63. The van der Waals surface area contributed by atoms with Crippen LogP contribution in [0.5, 0.6) is 11.5 Å². The normalized spacial score (nSPS) is 13.4. The van der Waals surface area contributed by atoms with Gasteiger partial charge in [0.2, 0.25) is 0 Å². The van der Waals surface area contributed by atoms with Gasteiger partial charge >= 0.3 is 0 Å². The highest BCUT2D eigenvalue weighted by Crippen LogP contribution is 2.27. The molecule has 0 saturated heterocycles. The van der Waals surface area contributed by atoms with Crippen molar-refractivity contribution in [2.75, 3.05) is 0 Å². The molecule has 2 aromatic heterocycles. The molecule has 3 rings (SSSR count). The molecule has 0 fully saturated rings. The Kier molecular flexibility index (Phi) is 5.09. The monoisotopic (exact) mass is 340 g/mol. The van der Waals surface area contributed by atoms with Crippen molar-refractivity contribution >= 4 is 0 Å². The minimum Gasteiger partial charge on any atom is -0.453 e. The number of nitrogens with one attached hydrogen (secondary N) is 1. The molecule has 130 valence electrons. The smallest absolute Gasteiger partial charge is 0.166 e. The Bertz CT molecular complexity index is 834. The first kappa shape index (κ1) is 17.1. The fourth-order valence-electron chi connectivity index (χ4n) is 2.63. The van der Waals surface area contributed by atoms with E-state index in [1.807, 2.05) is 32.4 Å². The molecule has 1 N–H and O–H groups in total. The maximum absolute atomic E-state index is 14.4. The molecule has 0 aliphatic carbocycles. The zero-order chi connectivity index (χ0) is 17.8. The number of ether oxygens (including phenoxy) is 1. The van der Waals surface area contributed by atoms with Crippen LogP contribution in [0, 0.1) is 5.82 Å². The van der Waals surface area contributed by atoms with E-state index in [1.54, 1.807) is 35.3 Å². The summed E-state index contributed by atoms with van der Waals surface area (Å²) in [5.74, 6) is 0.291. The van der Waals surface area contributed by atoms with Crippen LogP contribution in [0.15, 0.2) is 55.1 Å². The first-order valence-electron chi connectivity index (χ1n) is 8.15. The highest BCUT2D eigenvalue weighted by molar-refractivity contribution is 5.34. The predicted octanol–water partition coefficient (Wildman–Crippen LogP) is 4.16. The quantitative estimate of drug-likeness (QED) is 0.732. The summed E-state index contributed by atoms with van der Waals surface area (Å²) in [6, 6.07) is 8.58. The van der Waals surface area contributed by atoms with Gasteiger partial charge in [0.05, 0.1) is 12.4 Å². The predicted molar refractivity (Wildman–Crippen MR) is 93.9 cm³/mol. The molecule has 0 saturated carbocycles. The molecule has 0 aliphatic heterocycles. The molecule has 2 heterocycles. The van der Waals surface area contributed by atoms with Crippen LogP contribution in [0.4, 0.5) is 4.39 Å². The van der Waals surface area contributed by atoms with Gasteiger partial charge in [-0.25, -0.2) is 4.39 Å². The van der Waals surface area contributed by atoms with E-state index in [-0.39, 0.29) is 17.8 Å². The zero-order valence-corrected chi connectivity index (χ0v) is 14.5. The van der Waals surface area contributed by atoms with Crippen molar-refractivity contribution in [2.45, 2.75) is 25.9 Å². The van der Waals surface area contributed by atoms with Gasteiger partial charge in [0.25, 0.3) is 0 Å². The Balaban J connectivity index is 1.69. The molecule has 3 aromatic rings. The van der Waals surface area contributed by atoms with E-state index >= 15 is 0 Å². The van der Waals surface area contributed by atoms with Gasteiger partial charge in [-0.15, -0.1) is 0 Å². The Morgan fingerprint density at radius 1 is 1.12 bits per heavy atom. The molecule has 0 unspecified atom stereocenters. The lowest BCUT2D eigenvalue weighted by atomic mass is 10.1. The van der Waals surface area contributed by atoms with Crippen molar-refractivity contribution in [1.82, 2.24) is 20.1 Å². The van der Waals surface area contributed by atoms with Crippen LogP contribution in [-0.4, -0.2) is 14.8 Å². The van der Waals surface area contributed by atoms with Crippen molar-refractivity contribution in [3.05, 3.63) is 72.1 Å². The lowest BCUT2D eigenvalue weighted by Gasteiger charge is -2.20. The molecule has 25 heavy (non-hydrogen) atoms. The Morgan fingerprint density at radius 3 is 2.56 bits per heavy atom. The van der Waals surface area contributed by atoms with Gasteiger partial charge in [-0.1, -0.05) is 6.07 Å². The highest BCUT2D eigenvalue weighted by atomic mass is 19.1. The fraction of sp³-hybridized carbons (Fsp3) is 0.263. The molecule has 5 nitrogen and oxygen atoms in total. The zero-order valence-electron chi connectivity index (χ0n) is 14.5. The molecule has 0 bridgehead atoms. The number of halogens is 1. The van der Waals surface area contributed by atoms with Crippen LogP contribution < -0.4 is 10.1 Å². The first-order chi connectivity index (χ1) is 12.0. The van der Waals surface area contributed by atoms with Gasteiger partial charge in [0.15, 0.2) is 11.6 Å². The lowest BCUT2D eigenvalue weighted by Crippen LogP contribution is -2.22. The molecule has 0 spiro atoms. The summed E-state index contributed by atoms with van der Waals surface area (Å²) in [6.45, 7) is 4.06. The van der Waals surface area contributed by atoms with Crippen LogP contribution in [0.2, 0.25) is 0 Å². The summed E-state index contributed by atoms with van der Waals surface area (Å²) in [7, 11) is 1.88. The molecule has 1 aromatic carbocycles. The largest absolute Gasteiger partial charge is 0.453 e. The third-order valence-corrected chi connectivity index (χ3v) is 4.04. The van der Waals surface area contributed by atoms with E-state index in [0.29, 0.717) is 5.75 Å². The summed E-state index contributed by atoms with van der Waals surface area (Å²) in [6.07, 6.45) is 6.99. The average Bonchev–Trinajstić information content (AvgIpc) is 3.04. The van der Waals surface area contributed by atoms with Crippen molar-refractivity contribution in [3.63, 3.8) is 0 Å². The molecule has 0 radical (unpaired) electrons. The molecule has 6 heteroatoms. The molecular formula is C19H21FN4O. The second-order valence-corrected chi connectivity index (χ2v) is 6.04. The van der Waals surface area contributed by atoms with Gasteiger partial charge in [-0.05, 0) is 43.7 Å². The highest BCUT2D eigenvalue weighted by Gasteiger charge is 2.15. The van der Waals surface area contributed by atoms with Gasteiger partial charge < -0.3 is 10.1 Å². The summed E-state index contributed by atoms with van der Waals surface area (Å²) in [5.41, 5.74) is 1.94. The average molecular weight is 340 g/mol. The number of pyridine rings is 1. The number of hydrogen-bond acceptors (Lipinski definition) is 4. The van der Waals surface area contributed by atoms with Crippen LogP contribution in [0.25, 0.3) is 0 Å². The van der Waals surface area contributed by atoms with E-state index in [1.165, 1.54) is 6.07 Å². The number of aryl methyl sites for hydroxylation is 1. The van der Waals surface area contributed by atoms with Gasteiger partial charge in [0, 0.05) is 37.1 Å². The molecule has 0 amide bonds. The number of nitrogens with zero attached hydrogens (tertiary/aromatic N) is 3. The second-order valence-electron chi connectivity index (χ2n) is 6.04. The van der Waals surface area contributed by atoms with Crippen molar-refractivity contribution < 1.29 is 9.13 Å². The molecule has 2 atom stereocenters. The van der Waals surface area contributed by atoms with E-state index in [9.17, 15) is 4.39 Å². The van der Waals surface area contributed by atoms with Crippen LogP contribution in [-0.2, 0) is 7.05 Å². The minimum absolute atomic E-state index is 0.0165. The second kappa shape index (κ2) is 7.44. The van der Waals surface area contributed by atoms with Gasteiger partial charge in [-0.3, -0.25) is 9.67 Å². The fourth-order valence-corrected chi connectivity index (χ4v) is 2.63. The van der Waals surface area contributed by atoms with E-state index < -0.39 is 5.82 Å². The third kappa shape index (κ3) is 4.22. The molecular weight excluding hydrogens is 319 g/mol. The Morgan fingerprint density at radius 2 is 1.92 bits per heavy atom. The van der Waals surface area contributed by atoms with Gasteiger partial charge in [-0.2, -0.15) is 5.10 Å². The van der Waals surface area contributed by atoms with E-state index in [2.05, 4.69) is 22.3 Å². The SMILES string of the molecule is C[C@@H](N[C@H](C)c1cnn(C)c1)c1ccc(Oc2cccnc2)c(F)c1. The summed E-state index contributed by atoms with van der Waals surface area (Å²) in [4.78, 5) is 3.96. The van der Waals surface area contributed by atoms with Crippen molar-refractivity contribution in [2.24, 2.45) is 7.05 Å². The number of hydrogen-bond donors (Lipinski definition) is 1. The van der Waals surface area contributed by atoms with Crippen LogP contribution in [0.3, 0.4) is 0 Å². The van der Waals surface area contributed by atoms with Gasteiger partial charge in [0.1, 0.15) is 5.75 Å².